The van der Waals surface area contributed by atoms with E-state index in [9.17, 15) is 8.42 Å². The normalized spacial score (nSPS) is 23.1. The first-order valence-electron chi connectivity index (χ1n) is 7.94. The van der Waals surface area contributed by atoms with Gasteiger partial charge in [-0.15, -0.1) is 0 Å². The van der Waals surface area contributed by atoms with E-state index in [1.807, 2.05) is 18.2 Å². The molecule has 0 bridgehead atoms. The van der Waals surface area contributed by atoms with Crippen molar-refractivity contribution in [1.82, 2.24) is 4.31 Å². The van der Waals surface area contributed by atoms with Gasteiger partial charge in [0.15, 0.2) is 0 Å². The number of hydrogen-bond donors (Lipinski definition) is 0. The molecular formula is C17H24N2O2S. The topological polar surface area (TPSA) is 61.2 Å². The second kappa shape index (κ2) is 7.75. The van der Waals surface area contributed by atoms with Crippen molar-refractivity contribution in [3.63, 3.8) is 0 Å². The van der Waals surface area contributed by atoms with Gasteiger partial charge in [-0.25, -0.2) is 12.7 Å². The van der Waals surface area contributed by atoms with Crippen LogP contribution in [-0.2, 0) is 10.0 Å². The van der Waals surface area contributed by atoms with Crippen LogP contribution in [0.25, 0.3) is 0 Å². The molecule has 2 atom stereocenters. The maximum absolute atomic E-state index is 12.4. The van der Waals surface area contributed by atoms with Crippen LogP contribution in [0, 0.1) is 17.2 Å². The summed E-state index contributed by atoms with van der Waals surface area (Å²) < 4.78 is 26.4. The highest BCUT2D eigenvalue weighted by Gasteiger charge is 2.32. The van der Waals surface area contributed by atoms with Crippen molar-refractivity contribution >= 4 is 10.0 Å². The summed E-state index contributed by atoms with van der Waals surface area (Å²) >= 11 is 0. The van der Waals surface area contributed by atoms with E-state index in [0.29, 0.717) is 44.2 Å². The average Bonchev–Trinajstić information content (AvgIpc) is 2.52. The molecule has 0 spiro atoms. The van der Waals surface area contributed by atoms with Crippen LogP contribution in [-0.4, -0.2) is 31.6 Å². The smallest absolute Gasteiger partial charge is 0.212 e. The Morgan fingerprint density at radius 3 is 2.64 bits per heavy atom. The quantitative estimate of drug-likeness (QED) is 0.757. The third-order valence-corrected chi connectivity index (χ3v) is 6.35. The SMILES string of the molecule is C[C@H]1CN(S(=O)(=O)CCCCC#N)CC[C@@H]1c1ccccc1. The number of nitriles is 1. The predicted molar refractivity (Wildman–Crippen MR) is 87.8 cm³/mol. The van der Waals surface area contributed by atoms with Crippen LogP contribution in [0.2, 0.25) is 0 Å². The highest BCUT2D eigenvalue weighted by atomic mass is 32.2. The third-order valence-electron chi connectivity index (χ3n) is 4.43. The van der Waals surface area contributed by atoms with Gasteiger partial charge in [-0.1, -0.05) is 37.3 Å². The number of sulfonamides is 1. The summed E-state index contributed by atoms with van der Waals surface area (Å²) in [5.74, 6) is 0.925. The van der Waals surface area contributed by atoms with Crippen molar-refractivity contribution in [1.29, 1.82) is 5.26 Å². The number of benzene rings is 1. The zero-order valence-electron chi connectivity index (χ0n) is 13.1. The van der Waals surface area contributed by atoms with Gasteiger partial charge in [-0.3, -0.25) is 0 Å². The Morgan fingerprint density at radius 2 is 2.00 bits per heavy atom. The third kappa shape index (κ3) is 4.31. The molecule has 4 nitrogen and oxygen atoms in total. The lowest BCUT2D eigenvalue weighted by Gasteiger charge is -2.36. The monoisotopic (exact) mass is 320 g/mol. The summed E-state index contributed by atoms with van der Waals surface area (Å²) in [5.41, 5.74) is 1.31. The number of piperidine rings is 1. The lowest BCUT2D eigenvalue weighted by atomic mass is 9.82. The molecule has 22 heavy (non-hydrogen) atoms. The molecule has 0 saturated carbocycles. The fourth-order valence-corrected chi connectivity index (χ4v) is 4.85. The van der Waals surface area contributed by atoms with E-state index < -0.39 is 10.0 Å². The van der Waals surface area contributed by atoms with Crippen LogP contribution in [0.1, 0.15) is 44.1 Å². The second-order valence-corrected chi connectivity index (χ2v) is 8.16. The highest BCUT2D eigenvalue weighted by molar-refractivity contribution is 7.89. The fraction of sp³-hybridized carbons (Fsp3) is 0.588. The molecule has 120 valence electrons. The van der Waals surface area contributed by atoms with E-state index in [4.69, 9.17) is 5.26 Å². The van der Waals surface area contributed by atoms with Crippen LogP contribution in [0.4, 0.5) is 0 Å². The van der Waals surface area contributed by atoms with Gasteiger partial charge in [0.1, 0.15) is 0 Å². The number of nitrogens with zero attached hydrogens (tertiary/aromatic N) is 2. The Bertz CT molecular complexity index is 607. The van der Waals surface area contributed by atoms with Crippen molar-refractivity contribution in [3.8, 4) is 6.07 Å². The molecule has 1 aromatic rings. The Morgan fingerprint density at radius 1 is 1.27 bits per heavy atom. The van der Waals surface area contributed by atoms with E-state index in [2.05, 4.69) is 25.1 Å². The molecule has 5 heteroatoms. The molecule has 1 aliphatic rings. The van der Waals surface area contributed by atoms with E-state index in [1.54, 1.807) is 4.31 Å². The number of rotatable bonds is 6. The fourth-order valence-electron chi connectivity index (χ4n) is 3.17. The van der Waals surface area contributed by atoms with Gasteiger partial charge < -0.3 is 0 Å². The lowest BCUT2D eigenvalue weighted by Crippen LogP contribution is -2.43. The largest absolute Gasteiger partial charge is 0.214 e. The Balaban J connectivity index is 1.93. The first-order valence-corrected chi connectivity index (χ1v) is 9.55. The van der Waals surface area contributed by atoms with Gasteiger partial charge in [0.2, 0.25) is 10.0 Å². The van der Waals surface area contributed by atoms with Crippen molar-refractivity contribution in [2.75, 3.05) is 18.8 Å². The van der Waals surface area contributed by atoms with Crippen LogP contribution >= 0.6 is 0 Å². The van der Waals surface area contributed by atoms with Crippen LogP contribution in [0.3, 0.4) is 0 Å². The van der Waals surface area contributed by atoms with E-state index in [1.165, 1.54) is 5.56 Å². The standard InChI is InChI=1S/C17H24N2O2S/c1-15-14-19(22(20,21)13-7-3-6-11-18)12-10-17(15)16-8-4-2-5-9-16/h2,4-5,8-9,15,17H,3,6-7,10,12-14H2,1H3/t15-,17-/m0/s1. The minimum atomic E-state index is -3.18. The molecule has 0 N–H and O–H groups in total. The molecule has 0 unspecified atom stereocenters. The molecule has 0 aliphatic carbocycles. The van der Waals surface area contributed by atoms with Crippen molar-refractivity contribution in [2.45, 2.75) is 38.5 Å². The summed E-state index contributed by atoms with van der Waals surface area (Å²) in [7, 11) is -3.18. The summed E-state index contributed by atoms with van der Waals surface area (Å²) in [5, 5.41) is 8.51. The molecular weight excluding hydrogens is 296 g/mol. The summed E-state index contributed by atoms with van der Waals surface area (Å²) in [6.07, 6.45) is 2.54. The van der Waals surface area contributed by atoms with E-state index in [-0.39, 0.29) is 5.75 Å². The maximum atomic E-state index is 12.4. The summed E-state index contributed by atoms with van der Waals surface area (Å²) in [4.78, 5) is 0. The Hall–Kier alpha value is -1.38. The highest BCUT2D eigenvalue weighted by Crippen LogP contribution is 2.33. The van der Waals surface area contributed by atoms with Gasteiger partial charge >= 0.3 is 0 Å². The van der Waals surface area contributed by atoms with Crippen molar-refractivity contribution < 1.29 is 8.42 Å². The van der Waals surface area contributed by atoms with Gasteiger partial charge in [-0.2, -0.15) is 5.26 Å². The molecule has 2 rings (SSSR count). The summed E-state index contributed by atoms with van der Waals surface area (Å²) in [6, 6.07) is 12.4. The maximum Gasteiger partial charge on any atom is 0.214 e. The van der Waals surface area contributed by atoms with Crippen LogP contribution in [0.15, 0.2) is 30.3 Å². The van der Waals surface area contributed by atoms with Crippen LogP contribution in [0.5, 0.6) is 0 Å². The minimum Gasteiger partial charge on any atom is -0.212 e. The zero-order chi connectivity index (χ0) is 16.0. The molecule has 1 aromatic carbocycles. The van der Waals surface area contributed by atoms with Gasteiger partial charge in [0.05, 0.1) is 11.8 Å². The van der Waals surface area contributed by atoms with Crippen LogP contribution < -0.4 is 0 Å². The minimum absolute atomic E-state index is 0.164. The molecule has 0 aromatic heterocycles. The molecule has 1 fully saturated rings. The molecule has 1 heterocycles. The first-order chi connectivity index (χ1) is 10.5. The molecule has 0 radical (unpaired) electrons. The first kappa shape index (κ1) is 17.0. The molecule has 1 saturated heterocycles. The molecule has 1 aliphatic heterocycles. The van der Waals surface area contributed by atoms with Gasteiger partial charge in [-0.05, 0) is 36.7 Å². The average molecular weight is 320 g/mol. The predicted octanol–water partition coefficient (Wildman–Crippen LogP) is 3.14. The van der Waals surface area contributed by atoms with Crippen molar-refractivity contribution in [3.05, 3.63) is 35.9 Å². The zero-order valence-corrected chi connectivity index (χ0v) is 13.9. The van der Waals surface area contributed by atoms with E-state index in [0.717, 1.165) is 6.42 Å². The van der Waals surface area contributed by atoms with Gasteiger partial charge in [0.25, 0.3) is 0 Å². The molecule has 0 amide bonds. The second-order valence-electron chi connectivity index (χ2n) is 6.07. The Labute approximate surface area is 133 Å². The number of hydrogen-bond acceptors (Lipinski definition) is 3. The Kier molecular flexibility index (Phi) is 5.98. The summed E-state index contributed by atoms with van der Waals surface area (Å²) in [6.45, 7) is 3.33. The number of unbranched alkanes of at least 4 members (excludes halogenated alkanes) is 2. The lowest BCUT2D eigenvalue weighted by molar-refractivity contribution is 0.248. The van der Waals surface area contributed by atoms with E-state index >= 15 is 0 Å². The van der Waals surface area contributed by atoms with Gasteiger partial charge in [0, 0.05) is 19.5 Å². The van der Waals surface area contributed by atoms with Crippen molar-refractivity contribution in [2.24, 2.45) is 5.92 Å².